The van der Waals surface area contributed by atoms with E-state index in [0.717, 1.165) is 72.8 Å². The minimum Gasteiger partial charge on any atom is -0.512 e. The second kappa shape index (κ2) is 44.1. The number of para-hydroxylation sites is 2. The second-order valence-electron chi connectivity index (χ2n) is 21.1. The van der Waals surface area contributed by atoms with Crippen molar-refractivity contribution < 1.29 is 119 Å². The van der Waals surface area contributed by atoms with E-state index in [2.05, 4.69) is 119 Å². The van der Waals surface area contributed by atoms with Crippen molar-refractivity contribution in [3.05, 3.63) is 326 Å². The zero-order chi connectivity index (χ0) is 68.1. The van der Waals surface area contributed by atoms with Crippen molar-refractivity contribution in [2.24, 2.45) is 0 Å². The van der Waals surface area contributed by atoms with Gasteiger partial charge in [0.1, 0.15) is 0 Å². The first-order valence-electron chi connectivity index (χ1n) is 29.9. The van der Waals surface area contributed by atoms with Crippen molar-refractivity contribution in [3.63, 3.8) is 0 Å². The number of aliphatic hydroxyl groups is 3. The molecule has 0 atom stereocenters. The Hall–Kier alpha value is -9.07. The average Bonchev–Trinajstić information content (AvgIpc) is 1.46. The minimum atomic E-state index is -0.670. The normalized spacial score (nSPS) is 10.4. The van der Waals surface area contributed by atoms with Crippen LogP contribution in [-0.2, 0) is 94.8 Å². The number of carbonyl (C=O) groups excluding carboxylic acids is 3. The summed E-state index contributed by atoms with van der Waals surface area (Å²) in [7, 11) is 0. The van der Waals surface area contributed by atoms with Gasteiger partial charge in [-0.3, -0.25) is 33.1 Å². The SMILES string of the molecule is CC(=O)C=C(C)O.CC(=O)C=C(C)O.CC(=O)C=C(C)O.Cc1ccc[c-]c1-c1cc(-c2ccccc2)c2ccccc2n1.Fc1c[c-]c(-c2cc(-c3ccccc3)c3ccccc3n2)c(F)c1.[Ir].[Ir].[Ir].[Ir].[c-]1c(-c2ccccn2)sc2ccccc12.[c-]1ccccc1-c1ccccn1. The van der Waals surface area contributed by atoms with Crippen molar-refractivity contribution in [2.75, 3.05) is 0 Å². The van der Waals surface area contributed by atoms with Crippen LogP contribution in [0.4, 0.5) is 8.78 Å². The van der Waals surface area contributed by atoms with E-state index in [0.29, 0.717) is 5.69 Å². The Bertz CT molecular complexity index is 4610. The molecule has 13 rings (SSSR count). The summed E-state index contributed by atoms with van der Waals surface area (Å²) >= 11 is 1.73. The number of carbonyl (C=O) groups is 3. The van der Waals surface area contributed by atoms with E-state index in [-0.39, 0.29) is 121 Å². The maximum absolute atomic E-state index is 14.2. The van der Waals surface area contributed by atoms with Crippen LogP contribution >= 0.6 is 11.3 Å². The third-order valence-electron chi connectivity index (χ3n) is 13.2. The van der Waals surface area contributed by atoms with Gasteiger partial charge in [-0.2, -0.15) is 0 Å². The second-order valence-corrected chi connectivity index (χ2v) is 22.1. The Morgan fingerprint density at radius 2 is 0.889 bits per heavy atom. The number of aliphatic hydroxyl groups excluding tert-OH is 3. The summed E-state index contributed by atoms with van der Waals surface area (Å²) < 4.78 is 28.6. The van der Waals surface area contributed by atoms with Crippen LogP contribution in [0.25, 0.3) is 98.5 Å². The number of hydrogen-bond acceptors (Lipinski definition) is 11. The van der Waals surface area contributed by atoms with Crippen molar-refractivity contribution >= 4 is 60.6 Å². The van der Waals surface area contributed by atoms with E-state index in [9.17, 15) is 23.2 Å². The van der Waals surface area contributed by atoms with E-state index < -0.39 is 11.6 Å². The molecule has 10 nitrogen and oxygen atoms in total. The fourth-order valence-corrected chi connectivity index (χ4v) is 10.2. The molecule has 0 spiro atoms. The largest absolute Gasteiger partial charge is 0.512 e. The van der Waals surface area contributed by atoms with Gasteiger partial charge in [0.25, 0.3) is 0 Å². The molecule has 0 fully saturated rings. The van der Waals surface area contributed by atoms with Crippen molar-refractivity contribution in [2.45, 2.75) is 48.5 Å². The number of thiophene rings is 1. The average molecular weight is 2040 g/mol. The smallest absolute Gasteiger partial charge is 0.155 e. The maximum atomic E-state index is 14.2. The Morgan fingerprint density at radius 1 is 0.444 bits per heavy atom. The molecule has 0 saturated heterocycles. The molecule has 0 aliphatic heterocycles. The van der Waals surface area contributed by atoms with E-state index >= 15 is 0 Å². The molecule has 8 aromatic carbocycles. The van der Waals surface area contributed by atoms with Crippen LogP contribution < -0.4 is 0 Å². The van der Waals surface area contributed by atoms with Gasteiger partial charge in [-0.1, -0.05) is 164 Å². The molecule has 0 saturated carbocycles. The first-order valence-corrected chi connectivity index (χ1v) is 30.7. The zero-order valence-electron chi connectivity index (χ0n) is 54.8. The molecule has 4 radical (unpaired) electrons. The molecule has 17 heteroatoms. The molecule has 0 bridgehead atoms. The van der Waals surface area contributed by atoms with Gasteiger partial charge in [-0.25, -0.2) is 11.3 Å². The van der Waals surface area contributed by atoms with Crippen LogP contribution in [0.15, 0.2) is 284 Å². The van der Waals surface area contributed by atoms with Gasteiger partial charge in [0.05, 0.1) is 28.3 Å². The summed E-state index contributed by atoms with van der Waals surface area (Å²) in [5, 5.41) is 28.4. The Labute approximate surface area is 634 Å². The number of fused-ring (bicyclic) bond motifs is 3. The molecule has 5 aromatic heterocycles. The number of aryl methyl sites for hydroxylation is 1. The van der Waals surface area contributed by atoms with Crippen molar-refractivity contribution in [1.82, 2.24) is 19.9 Å². The molecule has 5 heterocycles. The molecule has 0 amide bonds. The molecular formula is C82H68F2Ir4N4O6S-4. The molecule has 3 N–H and O–H groups in total. The topological polar surface area (TPSA) is 163 Å². The van der Waals surface area contributed by atoms with Crippen LogP contribution in [0.3, 0.4) is 0 Å². The number of nitrogens with zero attached hydrogens (tertiary/aromatic N) is 4. The fourth-order valence-electron chi connectivity index (χ4n) is 9.25. The molecule has 99 heavy (non-hydrogen) atoms. The molecule has 0 unspecified atom stereocenters. The quantitative estimate of drug-likeness (QED) is 0.0720. The summed E-state index contributed by atoms with van der Waals surface area (Å²) in [6.07, 6.45) is 7.10. The number of allylic oxidation sites excluding steroid dienone is 6. The maximum Gasteiger partial charge on any atom is 0.155 e. The van der Waals surface area contributed by atoms with Crippen LogP contribution in [0.1, 0.15) is 47.1 Å². The van der Waals surface area contributed by atoms with Gasteiger partial charge in [-0.15, -0.1) is 107 Å². The number of rotatable bonds is 9. The van der Waals surface area contributed by atoms with Gasteiger partial charge < -0.3 is 25.3 Å². The zero-order valence-corrected chi connectivity index (χ0v) is 65.2. The molecule has 0 aliphatic rings. The summed E-state index contributed by atoms with van der Waals surface area (Å²) in [6, 6.07) is 88.8. The van der Waals surface area contributed by atoms with Crippen molar-refractivity contribution in [3.8, 4) is 66.6 Å². The van der Waals surface area contributed by atoms with Crippen molar-refractivity contribution in [1.29, 1.82) is 0 Å². The van der Waals surface area contributed by atoms with E-state index in [1.807, 2.05) is 158 Å². The van der Waals surface area contributed by atoms with Gasteiger partial charge in [0, 0.05) is 139 Å². The number of pyridine rings is 4. The molecule has 13 aromatic rings. The van der Waals surface area contributed by atoms with E-state index in [4.69, 9.17) is 20.3 Å². The predicted molar refractivity (Wildman–Crippen MR) is 381 cm³/mol. The van der Waals surface area contributed by atoms with Gasteiger partial charge in [0.2, 0.25) is 0 Å². The number of benzene rings is 8. The van der Waals surface area contributed by atoms with Gasteiger partial charge >= 0.3 is 0 Å². The van der Waals surface area contributed by atoms with Gasteiger partial charge in [-0.05, 0) is 115 Å². The predicted octanol–water partition coefficient (Wildman–Crippen LogP) is 20.7. The molecule has 512 valence electrons. The third-order valence-corrected chi connectivity index (χ3v) is 14.3. The number of hydrogen-bond donors (Lipinski definition) is 3. The third kappa shape index (κ3) is 27.6. The first-order chi connectivity index (χ1) is 45.8. The van der Waals surface area contributed by atoms with Crippen LogP contribution in [0.2, 0.25) is 0 Å². The Morgan fingerprint density at radius 3 is 1.32 bits per heavy atom. The molecule has 0 aliphatic carbocycles. The Kier molecular flexibility index (Phi) is 37.4. The minimum absolute atomic E-state index is 0. The fraction of sp³-hybridized carbons (Fsp3) is 0.0854. The number of aromatic nitrogens is 4. The van der Waals surface area contributed by atoms with E-state index in [1.165, 1.54) is 91.9 Å². The van der Waals surface area contributed by atoms with Crippen LogP contribution in [-0.4, -0.2) is 52.6 Å². The summed E-state index contributed by atoms with van der Waals surface area (Å²) in [6.45, 7) is 10.6. The number of ketones is 3. The molecular weight excluding hydrogens is 1980 g/mol. The first kappa shape index (κ1) is 84.2. The van der Waals surface area contributed by atoms with Gasteiger partial charge in [0.15, 0.2) is 17.3 Å². The summed E-state index contributed by atoms with van der Waals surface area (Å²) in [5.41, 5.74) is 13.0. The van der Waals surface area contributed by atoms with E-state index in [1.54, 1.807) is 17.5 Å². The monoisotopic (exact) mass is 2050 g/mol. The van der Waals surface area contributed by atoms with Crippen LogP contribution in [0.5, 0.6) is 0 Å². The Balaban J connectivity index is 0.000000316. The summed E-state index contributed by atoms with van der Waals surface area (Å²) in [5.74, 6) is -1.51. The standard InChI is InChI=1S/C22H16N.C21H12F2N.C13H8NS.C11H8N.3C5H8O2.4Ir/c1-16-9-5-6-12-18(16)22-15-20(17-10-3-2-4-11-17)19-13-7-8-14-21(19)23-22;22-15-10-11-17(19(23)12-15)21-13-18(14-6-2-1-3-7-14)16-8-4-5-9-20(16)24-21;1-2-7-12-10(5-1)9-13(15-12)11-6-3-4-8-14-11;1-2-6-10(7-3-1)11-8-4-5-9-12-11;3*1-4(6)3-5(2)7;;;;/h2-11,13-15H,1H3;1-10,12-13H;1-8H;1-6,8-9H;3*3,6H,1-2H3;;;;/q4*-1;;;;;;;. The van der Waals surface area contributed by atoms with Crippen LogP contribution in [0, 0.1) is 42.8 Å². The number of halogens is 2. The summed E-state index contributed by atoms with van der Waals surface area (Å²) in [4.78, 5) is 49.1.